The number of amides is 1. The fraction of sp³-hybridized carbons (Fsp3) is 0.235. The van der Waals surface area contributed by atoms with Crippen molar-refractivity contribution in [2.75, 3.05) is 25.0 Å². The Morgan fingerprint density at radius 3 is 2.65 bits per heavy atom. The van der Waals surface area contributed by atoms with Crippen molar-refractivity contribution in [2.24, 2.45) is 0 Å². The van der Waals surface area contributed by atoms with Crippen LogP contribution in [0.1, 0.15) is 11.1 Å². The van der Waals surface area contributed by atoms with Gasteiger partial charge in [-0.3, -0.25) is 9.69 Å². The lowest BCUT2D eigenvalue weighted by molar-refractivity contribution is -0.122. The van der Waals surface area contributed by atoms with Crippen molar-refractivity contribution in [3.63, 3.8) is 0 Å². The van der Waals surface area contributed by atoms with Gasteiger partial charge in [0.05, 0.1) is 5.69 Å². The highest BCUT2D eigenvalue weighted by molar-refractivity contribution is 6.11. The van der Waals surface area contributed by atoms with E-state index in [0.717, 1.165) is 11.1 Å². The van der Waals surface area contributed by atoms with E-state index in [1.54, 1.807) is 6.07 Å². The summed E-state index contributed by atoms with van der Waals surface area (Å²) in [6, 6.07) is 11.1. The number of fused-ring (bicyclic) bond motifs is 5. The molecular formula is C17H13NO5. The van der Waals surface area contributed by atoms with Gasteiger partial charge in [0.15, 0.2) is 11.5 Å². The maximum atomic E-state index is 13.1. The zero-order valence-corrected chi connectivity index (χ0v) is 12.1. The molecule has 0 unspecified atom stereocenters. The first-order chi connectivity index (χ1) is 11.3. The standard InChI is InChI=1S/C17H13NO5/c19-8-18-12-4-2-1-3-10(12)17(16(18)20)7-21-13-6-15-14(5-11(13)17)22-9-23-15/h1-6,19H,7-9H2/t17-/m0/s1. The van der Waals surface area contributed by atoms with Crippen LogP contribution in [0.25, 0.3) is 0 Å². The van der Waals surface area contributed by atoms with Crippen LogP contribution in [0.15, 0.2) is 36.4 Å². The summed E-state index contributed by atoms with van der Waals surface area (Å²) >= 11 is 0. The molecule has 3 aliphatic rings. The van der Waals surface area contributed by atoms with E-state index in [9.17, 15) is 9.90 Å². The van der Waals surface area contributed by atoms with Gasteiger partial charge >= 0.3 is 0 Å². The molecule has 2 aromatic rings. The number of benzene rings is 2. The van der Waals surface area contributed by atoms with Crippen molar-refractivity contribution in [3.05, 3.63) is 47.5 Å². The summed E-state index contributed by atoms with van der Waals surface area (Å²) in [6.45, 7) is 0.00752. The van der Waals surface area contributed by atoms with Crippen molar-refractivity contribution >= 4 is 11.6 Å². The van der Waals surface area contributed by atoms with Crippen LogP contribution >= 0.6 is 0 Å². The molecule has 3 heterocycles. The number of hydrogen-bond acceptors (Lipinski definition) is 5. The molecule has 6 nitrogen and oxygen atoms in total. The maximum absolute atomic E-state index is 13.1. The van der Waals surface area contributed by atoms with Crippen LogP contribution in [-0.2, 0) is 10.2 Å². The summed E-state index contributed by atoms with van der Waals surface area (Å²) in [5, 5.41) is 9.65. The third-order valence-electron chi connectivity index (χ3n) is 4.79. The monoisotopic (exact) mass is 311 g/mol. The second-order valence-electron chi connectivity index (χ2n) is 5.79. The lowest BCUT2D eigenvalue weighted by atomic mass is 9.77. The summed E-state index contributed by atoms with van der Waals surface area (Å²) < 4.78 is 16.6. The number of nitrogens with zero attached hydrogens (tertiary/aromatic N) is 1. The van der Waals surface area contributed by atoms with Crippen LogP contribution in [0, 0.1) is 0 Å². The van der Waals surface area contributed by atoms with Crippen LogP contribution < -0.4 is 19.1 Å². The number of hydrogen-bond donors (Lipinski definition) is 1. The van der Waals surface area contributed by atoms with E-state index >= 15 is 0 Å². The van der Waals surface area contributed by atoms with Crippen LogP contribution in [0.5, 0.6) is 17.2 Å². The summed E-state index contributed by atoms with van der Waals surface area (Å²) in [4.78, 5) is 14.5. The Hall–Kier alpha value is -2.73. The highest BCUT2D eigenvalue weighted by Gasteiger charge is 2.57. The lowest BCUT2D eigenvalue weighted by Crippen LogP contribution is -2.42. The number of aliphatic hydroxyl groups excluding tert-OH is 1. The molecule has 1 N–H and O–H groups in total. The Kier molecular flexibility index (Phi) is 2.32. The minimum absolute atomic E-state index is 0.165. The van der Waals surface area contributed by atoms with Gasteiger partial charge in [0, 0.05) is 11.6 Å². The number of ether oxygens (including phenoxy) is 3. The van der Waals surface area contributed by atoms with Gasteiger partial charge in [-0.2, -0.15) is 0 Å². The van der Waals surface area contributed by atoms with Crippen LogP contribution in [0.4, 0.5) is 5.69 Å². The van der Waals surface area contributed by atoms with Crippen molar-refractivity contribution < 1.29 is 24.1 Å². The number of aliphatic hydroxyl groups is 1. The summed E-state index contributed by atoms with van der Waals surface area (Å²) in [6.07, 6.45) is 0. The Morgan fingerprint density at radius 2 is 1.83 bits per heavy atom. The fourth-order valence-electron chi connectivity index (χ4n) is 3.71. The number of rotatable bonds is 1. The van der Waals surface area contributed by atoms with E-state index < -0.39 is 5.41 Å². The Morgan fingerprint density at radius 1 is 1.04 bits per heavy atom. The molecule has 0 bridgehead atoms. The summed E-state index contributed by atoms with van der Waals surface area (Å²) in [5.74, 6) is 1.68. The van der Waals surface area contributed by atoms with Crippen LogP contribution in [0.2, 0.25) is 0 Å². The van der Waals surface area contributed by atoms with Gasteiger partial charge in [-0.25, -0.2) is 0 Å². The van der Waals surface area contributed by atoms with Crippen molar-refractivity contribution in [3.8, 4) is 17.2 Å². The van der Waals surface area contributed by atoms with Crippen molar-refractivity contribution in [2.45, 2.75) is 5.41 Å². The van der Waals surface area contributed by atoms with E-state index in [1.165, 1.54) is 4.90 Å². The smallest absolute Gasteiger partial charge is 0.247 e. The SMILES string of the molecule is O=C1N(CO)c2ccccc2[C@]12COc1cc3c(cc12)OCO3. The lowest BCUT2D eigenvalue weighted by Gasteiger charge is -2.22. The van der Waals surface area contributed by atoms with Crippen LogP contribution in [-0.4, -0.2) is 31.1 Å². The molecule has 0 aliphatic carbocycles. The summed E-state index contributed by atoms with van der Waals surface area (Å²) in [5.41, 5.74) is 1.39. The predicted molar refractivity (Wildman–Crippen MR) is 79.9 cm³/mol. The zero-order chi connectivity index (χ0) is 15.6. The third kappa shape index (κ3) is 1.39. The number of para-hydroxylation sites is 1. The average molecular weight is 311 g/mol. The molecule has 0 saturated heterocycles. The van der Waals surface area contributed by atoms with E-state index in [-0.39, 0.29) is 26.0 Å². The van der Waals surface area contributed by atoms with Gasteiger partial charge < -0.3 is 19.3 Å². The first-order valence-electron chi connectivity index (χ1n) is 7.35. The zero-order valence-electron chi connectivity index (χ0n) is 12.1. The first kappa shape index (κ1) is 12.8. The molecule has 0 fully saturated rings. The molecule has 5 rings (SSSR count). The van der Waals surface area contributed by atoms with Crippen molar-refractivity contribution in [1.29, 1.82) is 0 Å². The molecular weight excluding hydrogens is 298 g/mol. The van der Waals surface area contributed by atoms with E-state index in [1.807, 2.05) is 30.3 Å². The molecule has 3 aliphatic heterocycles. The fourth-order valence-corrected chi connectivity index (χ4v) is 3.71. The van der Waals surface area contributed by atoms with Gasteiger partial charge in [0.1, 0.15) is 24.5 Å². The normalized spacial score (nSPS) is 23.2. The van der Waals surface area contributed by atoms with E-state index in [2.05, 4.69) is 0 Å². The minimum atomic E-state index is -0.935. The molecule has 2 aromatic carbocycles. The number of carbonyl (C=O) groups is 1. The minimum Gasteiger partial charge on any atom is -0.491 e. The average Bonchev–Trinajstić information content (AvgIpc) is 3.23. The Bertz CT molecular complexity index is 849. The molecule has 23 heavy (non-hydrogen) atoms. The molecule has 1 atom stereocenters. The van der Waals surface area contributed by atoms with E-state index in [4.69, 9.17) is 14.2 Å². The maximum Gasteiger partial charge on any atom is 0.247 e. The predicted octanol–water partition coefficient (Wildman–Crippen LogP) is 1.39. The molecule has 0 saturated carbocycles. The van der Waals surface area contributed by atoms with E-state index in [0.29, 0.717) is 22.9 Å². The largest absolute Gasteiger partial charge is 0.491 e. The molecule has 6 heteroatoms. The Balaban J connectivity index is 1.78. The van der Waals surface area contributed by atoms with Crippen LogP contribution in [0.3, 0.4) is 0 Å². The first-order valence-corrected chi connectivity index (χ1v) is 7.35. The van der Waals surface area contributed by atoms with Crippen molar-refractivity contribution in [1.82, 2.24) is 0 Å². The van der Waals surface area contributed by atoms with Gasteiger partial charge in [0.25, 0.3) is 0 Å². The molecule has 1 spiro atoms. The van der Waals surface area contributed by atoms with Gasteiger partial charge in [-0.05, 0) is 17.7 Å². The van der Waals surface area contributed by atoms with Gasteiger partial charge in [-0.1, -0.05) is 18.2 Å². The highest BCUT2D eigenvalue weighted by atomic mass is 16.7. The second kappa shape index (κ2) is 4.17. The summed E-state index contributed by atoms with van der Waals surface area (Å²) in [7, 11) is 0. The molecule has 1 amide bonds. The molecule has 0 aromatic heterocycles. The second-order valence-corrected chi connectivity index (χ2v) is 5.79. The Labute approximate surface area is 131 Å². The number of anilines is 1. The number of carbonyl (C=O) groups excluding carboxylic acids is 1. The molecule has 116 valence electrons. The topological polar surface area (TPSA) is 68.2 Å². The van der Waals surface area contributed by atoms with Gasteiger partial charge in [0.2, 0.25) is 12.7 Å². The quantitative estimate of drug-likeness (QED) is 0.862. The highest BCUT2D eigenvalue weighted by Crippen LogP contribution is 2.54. The third-order valence-corrected chi connectivity index (χ3v) is 4.79. The van der Waals surface area contributed by atoms with Gasteiger partial charge in [-0.15, -0.1) is 0 Å². The molecule has 0 radical (unpaired) electrons.